The first-order valence-electron chi connectivity index (χ1n) is 10.5. The maximum absolute atomic E-state index is 13.1. The molecule has 1 fully saturated rings. The van der Waals surface area contributed by atoms with E-state index < -0.39 is 17.6 Å². The minimum Gasteiger partial charge on any atom is -0.322 e. The average molecular weight is 457 g/mol. The molecule has 2 amide bonds. The molecule has 0 radical (unpaired) electrons. The van der Waals surface area contributed by atoms with Gasteiger partial charge in [0.2, 0.25) is 5.91 Å². The number of amides is 2. The van der Waals surface area contributed by atoms with Crippen LogP contribution in [-0.4, -0.2) is 33.1 Å². The molecule has 0 aliphatic carbocycles. The summed E-state index contributed by atoms with van der Waals surface area (Å²) in [6.45, 7) is 4.35. The molecule has 3 aromatic rings. The van der Waals surface area contributed by atoms with Crippen LogP contribution in [0.15, 0.2) is 48.8 Å². The molecule has 0 saturated carbocycles. The molecule has 3 heterocycles. The highest BCUT2D eigenvalue weighted by Crippen LogP contribution is 2.30. The minimum absolute atomic E-state index is 0.0471. The van der Waals surface area contributed by atoms with Gasteiger partial charge in [0.15, 0.2) is 5.82 Å². The molecule has 7 nitrogen and oxygen atoms in total. The van der Waals surface area contributed by atoms with Crippen molar-refractivity contribution in [3.63, 3.8) is 0 Å². The number of halogens is 3. The van der Waals surface area contributed by atoms with E-state index in [1.807, 2.05) is 19.9 Å². The molecule has 1 N–H and O–H groups in total. The molecule has 33 heavy (non-hydrogen) atoms. The summed E-state index contributed by atoms with van der Waals surface area (Å²) >= 11 is 0. The van der Waals surface area contributed by atoms with Gasteiger partial charge in [-0.15, -0.1) is 0 Å². The van der Waals surface area contributed by atoms with E-state index in [1.165, 1.54) is 16.9 Å². The van der Waals surface area contributed by atoms with Crippen LogP contribution in [0.2, 0.25) is 0 Å². The molecule has 172 valence electrons. The van der Waals surface area contributed by atoms with Gasteiger partial charge in [-0.05, 0) is 42.7 Å². The maximum Gasteiger partial charge on any atom is 0.417 e. The van der Waals surface area contributed by atoms with Gasteiger partial charge in [0.1, 0.15) is 0 Å². The molecule has 1 aliphatic heterocycles. The Bertz CT molecular complexity index is 1190. The van der Waals surface area contributed by atoms with Crippen molar-refractivity contribution < 1.29 is 22.8 Å². The monoisotopic (exact) mass is 457 g/mol. The summed E-state index contributed by atoms with van der Waals surface area (Å²) in [5.74, 6) is -0.348. The Kier molecular flexibility index (Phi) is 5.92. The third kappa shape index (κ3) is 4.59. The van der Waals surface area contributed by atoms with Gasteiger partial charge in [0.05, 0.1) is 23.0 Å². The number of hydrogen-bond acceptors (Lipinski definition) is 4. The van der Waals surface area contributed by atoms with Gasteiger partial charge in [-0.1, -0.05) is 19.9 Å². The van der Waals surface area contributed by atoms with Crippen LogP contribution in [0.4, 0.5) is 24.5 Å². The summed E-state index contributed by atoms with van der Waals surface area (Å²) in [5, 5.41) is 7.04. The number of carbonyl (C=O) groups excluding carboxylic acids is 2. The van der Waals surface area contributed by atoms with Crippen molar-refractivity contribution in [1.82, 2.24) is 14.8 Å². The second kappa shape index (κ2) is 8.68. The second-order valence-electron chi connectivity index (χ2n) is 8.07. The molecule has 1 saturated heterocycles. The summed E-state index contributed by atoms with van der Waals surface area (Å²) in [6.07, 6.45) is -1.07. The quantitative estimate of drug-likeness (QED) is 0.598. The van der Waals surface area contributed by atoms with Crippen molar-refractivity contribution in [3.05, 3.63) is 65.6 Å². The number of aromatic nitrogens is 3. The minimum atomic E-state index is -4.49. The largest absolute Gasteiger partial charge is 0.417 e. The van der Waals surface area contributed by atoms with Crippen molar-refractivity contribution in [2.75, 3.05) is 16.8 Å². The molecule has 10 heteroatoms. The molecule has 1 aliphatic rings. The number of nitrogens with zero attached hydrogens (tertiary/aromatic N) is 4. The number of rotatable bonds is 5. The molecule has 0 spiro atoms. The Morgan fingerprint density at radius 1 is 1.15 bits per heavy atom. The molecule has 1 aromatic carbocycles. The third-order valence-electron chi connectivity index (χ3n) is 5.38. The van der Waals surface area contributed by atoms with Gasteiger partial charge in [-0.2, -0.15) is 18.3 Å². The molecule has 4 rings (SSSR count). The maximum atomic E-state index is 13.1. The standard InChI is InChI=1S/C23H22F3N5O2/c1-14(2)21-18(13-28-31(21)19-9-8-15(12-27-19)23(24,25)26)22(33)29-16-5-3-6-17(11-16)30-10-4-7-20(30)32/h3,5-6,8-9,11-14H,4,7,10H2,1-2H3,(H,29,33). The fraction of sp³-hybridized carbons (Fsp3) is 0.304. The smallest absolute Gasteiger partial charge is 0.322 e. The van der Waals surface area contributed by atoms with E-state index in [-0.39, 0.29) is 23.2 Å². The van der Waals surface area contributed by atoms with Gasteiger partial charge in [-0.3, -0.25) is 9.59 Å². The predicted octanol–water partition coefficient (Wildman–Crippen LogP) is 4.79. The number of anilines is 2. The lowest BCUT2D eigenvalue weighted by Gasteiger charge is -2.17. The van der Waals surface area contributed by atoms with E-state index in [0.29, 0.717) is 30.0 Å². The zero-order chi connectivity index (χ0) is 23.8. The Hall–Kier alpha value is -3.69. The first kappa shape index (κ1) is 22.5. The van der Waals surface area contributed by atoms with Crippen molar-refractivity contribution >= 4 is 23.2 Å². The van der Waals surface area contributed by atoms with Gasteiger partial charge < -0.3 is 10.2 Å². The van der Waals surface area contributed by atoms with Crippen molar-refractivity contribution in [2.24, 2.45) is 0 Å². The van der Waals surface area contributed by atoms with Gasteiger partial charge in [0.25, 0.3) is 5.91 Å². The van der Waals surface area contributed by atoms with Crippen LogP contribution in [-0.2, 0) is 11.0 Å². The van der Waals surface area contributed by atoms with Crippen LogP contribution in [0.25, 0.3) is 5.82 Å². The average Bonchev–Trinajstić information content (AvgIpc) is 3.40. The Morgan fingerprint density at radius 3 is 2.55 bits per heavy atom. The van der Waals surface area contributed by atoms with E-state index in [1.54, 1.807) is 23.1 Å². The SMILES string of the molecule is CC(C)c1c(C(=O)Nc2cccc(N3CCCC3=O)c2)cnn1-c1ccc(C(F)(F)F)cn1. The molecular weight excluding hydrogens is 435 g/mol. The normalized spacial score (nSPS) is 14.2. The molecule has 0 bridgehead atoms. The zero-order valence-electron chi connectivity index (χ0n) is 18.1. The summed E-state index contributed by atoms with van der Waals surface area (Å²) in [6, 6.07) is 9.18. The van der Waals surface area contributed by atoms with Crippen LogP contribution >= 0.6 is 0 Å². The van der Waals surface area contributed by atoms with E-state index in [2.05, 4.69) is 15.4 Å². The Morgan fingerprint density at radius 2 is 1.94 bits per heavy atom. The first-order chi connectivity index (χ1) is 15.6. The lowest BCUT2D eigenvalue weighted by Crippen LogP contribution is -2.23. The fourth-order valence-electron chi connectivity index (χ4n) is 3.82. The van der Waals surface area contributed by atoms with E-state index in [0.717, 1.165) is 18.7 Å². The number of carbonyl (C=O) groups is 2. The lowest BCUT2D eigenvalue weighted by molar-refractivity contribution is -0.137. The summed E-state index contributed by atoms with van der Waals surface area (Å²) in [4.78, 5) is 30.6. The number of benzene rings is 1. The number of alkyl halides is 3. The van der Waals surface area contributed by atoms with Crippen LogP contribution in [0.1, 0.15) is 54.2 Å². The Balaban J connectivity index is 1.60. The molecule has 2 aromatic heterocycles. The van der Waals surface area contributed by atoms with Gasteiger partial charge in [0, 0.05) is 30.5 Å². The fourth-order valence-corrected chi connectivity index (χ4v) is 3.82. The number of pyridine rings is 1. The first-order valence-corrected chi connectivity index (χ1v) is 10.5. The molecule has 0 atom stereocenters. The van der Waals surface area contributed by atoms with Gasteiger partial charge in [-0.25, -0.2) is 9.67 Å². The van der Waals surface area contributed by atoms with Crippen molar-refractivity contribution in [1.29, 1.82) is 0 Å². The topological polar surface area (TPSA) is 80.1 Å². The van der Waals surface area contributed by atoms with Crippen LogP contribution in [0.3, 0.4) is 0 Å². The van der Waals surface area contributed by atoms with E-state index in [9.17, 15) is 22.8 Å². The van der Waals surface area contributed by atoms with Crippen LogP contribution in [0.5, 0.6) is 0 Å². The Labute approximate surface area is 188 Å². The number of nitrogens with one attached hydrogen (secondary N) is 1. The van der Waals surface area contributed by atoms with Crippen LogP contribution in [0, 0.1) is 0 Å². The lowest BCUT2D eigenvalue weighted by atomic mass is 10.1. The molecular formula is C23H22F3N5O2. The number of hydrogen-bond donors (Lipinski definition) is 1. The highest BCUT2D eigenvalue weighted by atomic mass is 19.4. The highest BCUT2D eigenvalue weighted by Gasteiger charge is 2.31. The van der Waals surface area contributed by atoms with E-state index >= 15 is 0 Å². The second-order valence-corrected chi connectivity index (χ2v) is 8.07. The predicted molar refractivity (Wildman–Crippen MR) is 116 cm³/mol. The van der Waals surface area contributed by atoms with E-state index in [4.69, 9.17) is 0 Å². The summed E-state index contributed by atoms with van der Waals surface area (Å²) in [5.41, 5.74) is 1.18. The van der Waals surface area contributed by atoms with Crippen molar-refractivity contribution in [2.45, 2.75) is 38.8 Å². The highest BCUT2D eigenvalue weighted by molar-refractivity contribution is 6.05. The third-order valence-corrected chi connectivity index (χ3v) is 5.38. The van der Waals surface area contributed by atoms with Crippen molar-refractivity contribution in [3.8, 4) is 5.82 Å². The summed E-state index contributed by atoms with van der Waals surface area (Å²) < 4.78 is 39.9. The zero-order valence-corrected chi connectivity index (χ0v) is 18.1. The van der Waals surface area contributed by atoms with Crippen LogP contribution < -0.4 is 10.2 Å². The van der Waals surface area contributed by atoms with Gasteiger partial charge >= 0.3 is 6.18 Å². The molecule has 0 unspecified atom stereocenters. The summed E-state index contributed by atoms with van der Waals surface area (Å²) in [7, 11) is 0.